The second-order valence-electron chi connectivity index (χ2n) is 5.58. The van der Waals surface area contributed by atoms with Crippen LogP contribution in [0.3, 0.4) is 0 Å². The molecule has 8 heteroatoms. The molecule has 3 aromatic rings. The molecule has 0 spiro atoms. The van der Waals surface area contributed by atoms with Crippen molar-refractivity contribution in [1.82, 2.24) is 19.5 Å². The molecule has 0 atom stereocenters. The van der Waals surface area contributed by atoms with Gasteiger partial charge in [0.15, 0.2) is 10.8 Å². The Morgan fingerprint density at radius 3 is 2.92 bits per heavy atom. The molecule has 130 valence electrons. The number of aromatic nitrogens is 4. The van der Waals surface area contributed by atoms with Gasteiger partial charge in [0.05, 0.1) is 12.9 Å². The molecule has 0 saturated heterocycles. The summed E-state index contributed by atoms with van der Waals surface area (Å²) in [4.78, 5) is 23.5. The van der Waals surface area contributed by atoms with E-state index >= 15 is 0 Å². The lowest BCUT2D eigenvalue weighted by atomic mass is 10.2. The Hall–Kier alpha value is -2.67. The van der Waals surface area contributed by atoms with Crippen LogP contribution in [0.5, 0.6) is 5.75 Å². The zero-order valence-corrected chi connectivity index (χ0v) is 14.3. The third-order valence-electron chi connectivity index (χ3n) is 3.79. The molecule has 0 aliphatic carbocycles. The van der Waals surface area contributed by atoms with Gasteiger partial charge in [-0.15, -0.1) is 0 Å². The third-order valence-corrected chi connectivity index (χ3v) is 4.06. The number of rotatable bonds is 8. The molecule has 0 radical (unpaired) electrons. The molecule has 25 heavy (non-hydrogen) atoms. The normalized spacial score (nSPS) is 10.9. The van der Waals surface area contributed by atoms with Crippen LogP contribution < -0.4 is 10.5 Å². The number of nitrogens with two attached hydrogens (primary N) is 1. The van der Waals surface area contributed by atoms with Crippen molar-refractivity contribution in [3.8, 4) is 5.75 Å². The van der Waals surface area contributed by atoms with Crippen LogP contribution in [-0.2, 0) is 6.54 Å². The highest BCUT2D eigenvalue weighted by Gasteiger charge is 2.07. The molecule has 0 saturated carbocycles. The summed E-state index contributed by atoms with van der Waals surface area (Å²) in [5.41, 5.74) is 7.08. The number of unbranched alkanes of at least 4 members (excludes halogenated alkanes) is 2. The molecule has 1 aromatic carbocycles. The van der Waals surface area contributed by atoms with E-state index in [-0.39, 0.29) is 0 Å². The number of imidazole rings is 1. The molecular weight excluding hydrogens is 342 g/mol. The summed E-state index contributed by atoms with van der Waals surface area (Å²) in [6.45, 7) is 1.39. The fourth-order valence-corrected chi connectivity index (χ4v) is 2.68. The summed E-state index contributed by atoms with van der Waals surface area (Å²) in [5.74, 6) is 0.199. The van der Waals surface area contributed by atoms with E-state index in [1.54, 1.807) is 24.5 Å². The molecule has 0 aliphatic rings. The van der Waals surface area contributed by atoms with E-state index in [1.165, 1.54) is 6.33 Å². The summed E-state index contributed by atoms with van der Waals surface area (Å²) in [6.07, 6.45) is 6.04. The number of nitrogens with zero attached hydrogens (tertiary/aromatic N) is 4. The Labute approximate surface area is 149 Å². The maximum Gasteiger partial charge on any atom is 0.248 e. The topological polar surface area (TPSA) is 95.9 Å². The van der Waals surface area contributed by atoms with Crippen LogP contribution in [0.2, 0.25) is 5.15 Å². The Balaban J connectivity index is 1.42. The number of carbonyl (C=O) groups excluding carboxylic acids is 1. The zero-order chi connectivity index (χ0) is 17.6. The van der Waals surface area contributed by atoms with E-state index in [4.69, 9.17) is 22.1 Å². The monoisotopic (exact) mass is 359 g/mol. The Morgan fingerprint density at radius 2 is 2.08 bits per heavy atom. The van der Waals surface area contributed by atoms with Crippen molar-refractivity contribution in [1.29, 1.82) is 0 Å². The molecule has 7 nitrogen and oxygen atoms in total. The van der Waals surface area contributed by atoms with Gasteiger partial charge in [-0.3, -0.25) is 4.79 Å². The van der Waals surface area contributed by atoms with Crippen LogP contribution in [0, 0.1) is 0 Å². The van der Waals surface area contributed by atoms with Gasteiger partial charge in [-0.25, -0.2) is 15.0 Å². The zero-order valence-electron chi connectivity index (χ0n) is 13.6. The van der Waals surface area contributed by atoms with Gasteiger partial charge in [0.25, 0.3) is 0 Å². The van der Waals surface area contributed by atoms with Gasteiger partial charge in [-0.2, -0.15) is 0 Å². The van der Waals surface area contributed by atoms with Gasteiger partial charge >= 0.3 is 0 Å². The molecule has 1 amide bonds. The lowest BCUT2D eigenvalue weighted by Crippen LogP contribution is -2.10. The van der Waals surface area contributed by atoms with Gasteiger partial charge < -0.3 is 15.0 Å². The molecule has 2 aromatic heterocycles. The molecule has 2 heterocycles. The fraction of sp³-hybridized carbons (Fsp3) is 0.294. The van der Waals surface area contributed by atoms with E-state index in [9.17, 15) is 4.79 Å². The lowest BCUT2D eigenvalue weighted by Gasteiger charge is -2.07. The van der Waals surface area contributed by atoms with Crippen LogP contribution in [-0.4, -0.2) is 32.0 Å². The fourth-order valence-electron chi connectivity index (χ4n) is 2.51. The maximum absolute atomic E-state index is 11.1. The number of aryl methyl sites for hydroxylation is 1. The summed E-state index contributed by atoms with van der Waals surface area (Å²) in [5, 5.41) is 0.371. The maximum atomic E-state index is 11.1. The summed E-state index contributed by atoms with van der Waals surface area (Å²) in [7, 11) is 0. The second kappa shape index (κ2) is 7.94. The minimum atomic E-state index is -0.457. The van der Waals surface area contributed by atoms with Crippen molar-refractivity contribution < 1.29 is 9.53 Å². The van der Waals surface area contributed by atoms with Crippen molar-refractivity contribution in [3.63, 3.8) is 0 Å². The van der Waals surface area contributed by atoms with E-state index in [2.05, 4.69) is 15.0 Å². The first-order valence-electron chi connectivity index (χ1n) is 7.99. The first-order valence-corrected chi connectivity index (χ1v) is 8.37. The molecule has 0 unspecified atom stereocenters. The van der Waals surface area contributed by atoms with Crippen LogP contribution in [0.4, 0.5) is 0 Å². The van der Waals surface area contributed by atoms with Crippen molar-refractivity contribution in [2.24, 2.45) is 5.73 Å². The SMILES string of the molecule is NC(=O)c1cccc(OCCCCCn2cnc3c(Cl)ncnc32)c1. The molecule has 0 bridgehead atoms. The Morgan fingerprint density at radius 1 is 1.20 bits per heavy atom. The number of hydrogen-bond acceptors (Lipinski definition) is 5. The van der Waals surface area contributed by atoms with Crippen LogP contribution in [0.1, 0.15) is 29.6 Å². The predicted molar refractivity (Wildman–Crippen MR) is 94.6 cm³/mol. The molecule has 2 N–H and O–H groups in total. The number of carbonyl (C=O) groups is 1. The van der Waals surface area contributed by atoms with E-state index in [0.29, 0.717) is 28.6 Å². The van der Waals surface area contributed by atoms with Gasteiger partial charge in [-0.1, -0.05) is 17.7 Å². The smallest absolute Gasteiger partial charge is 0.248 e. The number of hydrogen-bond donors (Lipinski definition) is 1. The summed E-state index contributed by atoms with van der Waals surface area (Å²) >= 11 is 5.99. The van der Waals surface area contributed by atoms with E-state index in [1.807, 2.05) is 10.6 Å². The van der Waals surface area contributed by atoms with Crippen LogP contribution in [0.25, 0.3) is 11.2 Å². The van der Waals surface area contributed by atoms with E-state index < -0.39 is 5.91 Å². The van der Waals surface area contributed by atoms with Crippen molar-refractivity contribution in [2.45, 2.75) is 25.8 Å². The van der Waals surface area contributed by atoms with Crippen LogP contribution in [0.15, 0.2) is 36.9 Å². The highest BCUT2D eigenvalue weighted by atomic mass is 35.5. The highest BCUT2D eigenvalue weighted by Crippen LogP contribution is 2.18. The summed E-state index contributed by atoms with van der Waals surface area (Å²) < 4.78 is 7.63. The number of fused-ring (bicyclic) bond motifs is 1. The minimum absolute atomic E-state index is 0.371. The van der Waals surface area contributed by atoms with Crippen LogP contribution >= 0.6 is 11.6 Å². The largest absolute Gasteiger partial charge is 0.494 e. The number of primary amides is 1. The Bertz CT molecular complexity index is 880. The number of benzene rings is 1. The minimum Gasteiger partial charge on any atom is -0.494 e. The average Bonchev–Trinajstić information content (AvgIpc) is 3.03. The third kappa shape index (κ3) is 4.24. The average molecular weight is 360 g/mol. The second-order valence-corrected chi connectivity index (χ2v) is 5.93. The molecule has 3 rings (SSSR count). The standard InChI is InChI=1S/C17H18ClN5O2/c18-15-14-17(21-10-20-15)23(11-22-14)7-2-1-3-8-25-13-6-4-5-12(9-13)16(19)24/h4-6,9-11H,1-3,7-8H2,(H2,19,24). The van der Waals surface area contributed by atoms with Gasteiger partial charge in [0.2, 0.25) is 5.91 Å². The van der Waals surface area contributed by atoms with E-state index in [0.717, 1.165) is 31.5 Å². The van der Waals surface area contributed by atoms with Crippen molar-refractivity contribution in [3.05, 3.63) is 47.6 Å². The predicted octanol–water partition coefficient (Wildman–Crippen LogP) is 2.83. The van der Waals surface area contributed by atoms with Crippen molar-refractivity contribution >= 4 is 28.7 Å². The van der Waals surface area contributed by atoms with Crippen molar-refractivity contribution in [2.75, 3.05) is 6.61 Å². The first kappa shape index (κ1) is 17.2. The number of halogens is 1. The van der Waals surface area contributed by atoms with Gasteiger partial charge in [0.1, 0.15) is 17.6 Å². The van der Waals surface area contributed by atoms with Gasteiger partial charge in [-0.05, 0) is 37.5 Å². The number of amides is 1. The first-order chi connectivity index (χ1) is 12.1. The number of ether oxygens (including phenoxy) is 1. The quantitative estimate of drug-likeness (QED) is 0.492. The highest BCUT2D eigenvalue weighted by molar-refractivity contribution is 6.33. The van der Waals surface area contributed by atoms with Gasteiger partial charge in [0, 0.05) is 12.1 Å². The molecule has 0 aliphatic heterocycles. The summed E-state index contributed by atoms with van der Waals surface area (Å²) in [6, 6.07) is 6.89. The lowest BCUT2D eigenvalue weighted by molar-refractivity contribution is 0.1000. The Kier molecular flexibility index (Phi) is 5.45. The molecule has 0 fully saturated rings. The molecular formula is C17H18ClN5O2.